The van der Waals surface area contributed by atoms with Gasteiger partial charge in [0.25, 0.3) is 0 Å². The third-order valence-electron chi connectivity index (χ3n) is 7.24. The first kappa shape index (κ1) is 23.4. The fourth-order valence-corrected chi connectivity index (χ4v) is 6.26. The molecule has 2 fully saturated rings. The summed E-state index contributed by atoms with van der Waals surface area (Å²) in [4.78, 5) is 24.3. The lowest BCUT2D eigenvalue weighted by Crippen LogP contribution is -2.50. The van der Waals surface area contributed by atoms with E-state index in [9.17, 15) is 4.79 Å². The van der Waals surface area contributed by atoms with Gasteiger partial charge in [0, 0.05) is 74.7 Å². The minimum atomic E-state index is -0.208. The van der Waals surface area contributed by atoms with Crippen LogP contribution in [0.2, 0.25) is 0 Å². The minimum Gasteiger partial charge on any atom is -0.369 e. The average molecular weight is 508 g/mol. The number of aliphatic imine (C=N–C) groups is 1. The third kappa shape index (κ3) is 4.72. The van der Waals surface area contributed by atoms with Crippen molar-refractivity contribution >= 4 is 46.6 Å². The topological polar surface area (TPSA) is 87.8 Å². The van der Waals surface area contributed by atoms with Crippen molar-refractivity contribution < 1.29 is 9.53 Å². The van der Waals surface area contributed by atoms with E-state index in [4.69, 9.17) is 9.73 Å². The molecule has 4 heterocycles. The highest BCUT2D eigenvalue weighted by atomic mass is 32.2. The Morgan fingerprint density at radius 2 is 1.92 bits per heavy atom. The van der Waals surface area contributed by atoms with Gasteiger partial charge >= 0.3 is 0 Å². The Morgan fingerprint density at radius 3 is 2.64 bits per heavy atom. The number of amides is 1. The van der Waals surface area contributed by atoms with Crippen molar-refractivity contribution in [3.8, 4) is 0 Å². The van der Waals surface area contributed by atoms with Crippen LogP contribution >= 0.6 is 11.8 Å². The number of nitrogens with one attached hydrogen (secondary N) is 3. The summed E-state index contributed by atoms with van der Waals surface area (Å²) in [5.41, 5.74) is 5.51. The molecule has 4 aliphatic rings. The number of fused-ring (bicyclic) bond motifs is 3. The van der Waals surface area contributed by atoms with Crippen LogP contribution in [0.3, 0.4) is 0 Å². The van der Waals surface area contributed by atoms with Gasteiger partial charge in [0.05, 0.1) is 16.7 Å². The van der Waals surface area contributed by atoms with Crippen molar-refractivity contribution in [2.24, 2.45) is 4.99 Å². The molecule has 0 aliphatic carbocycles. The number of piperazine rings is 1. The molecule has 0 radical (unpaired) electrons. The molecule has 0 saturated carbocycles. The van der Waals surface area contributed by atoms with Crippen LogP contribution in [-0.4, -0.2) is 85.7 Å². The molecule has 2 aromatic carbocycles. The smallest absolute Gasteiger partial charge is 0.219 e. The molecule has 0 spiro atoms. The zero-order chi connectivity index (χ0) is 24.8. The minimum absolute atomic E-state index is 0.0969. The Morgan fingerprint density at radius 1 is 1.17 bits per heavy atom. The van der Waals surface area contributed by atoms with E-state index < -0.39 is 0 Å². The molecule has 4 aliphatic heterocycles. The second kappa shape index (κ2) is 9.49. The van der Waals surface area contributed by atoms with Crippen LogP contribution in [0.25, 0.3) is 0 Å². The van der Waals surface area contributed by atoms with Gasteiger partial charge in [-0.3, -0.25) is 9.69 Å². The second-order valence-electron chi connectivity index (χ2n) is 9.83. The van der Waals surface area contributed by atoms with Gasteiger partial charge in [-0.05, 0) is 31.2 Å². The molecule has 6 rings (SSSR count). The molecule has 2 aromatic rings. The highest BCUT2D eigenvalue weighted by Crippen LogP contribution is 2.47. The Hall–Kier alpha value is -2.95. The first-order chi connectivity index (χ1) is 17.4. The number of ether oxygens (including phenoxy) is 1. The lowest BCUT2D eigenvalue weighted by molar-refractivity contribution is -0.130. The quantitative estimate of drug-likeness (QED) is 0.514. The van der Waals surface area contributed by atoms with Crippen LogP contribution in [0.5, 0.6) is 0 Å². The number of epoxide rings is 1. The van der Waals surface area contributed by atoms with Crippen molar-refractivity contribution in [3.05, 3.63) is 42.0 Å². The normalized spacial score (nSPS) is 26.8. The number of anilines is 4. The van der Waals surface area contributed by atoms with E-state index >= 15 is 0 Å². The largest absolute Gasteiger partial charge is 0.369 e. The molecule has 10 heteroatoms. The summed E-state index contributed by atoms with van der Waals surface area (Å²) in [6.45, 7) is 8.13. The van der Waals surface area contributed by atoms with Gasteiger partial charge in [-0.2, -0.15) is 0 Å². The molecule has 190 valence electrons. The molecule has 1 amide bonds. The molecule has 36 heavy (non-hydrogen) atoms. The van der Waals surface area contributed by atoms with Crippen LogP contribution in [-0.2, 0) is 9.53 Å². The molecule has 9 nitrogen and oxygen atoms in total. The molecule has 4 atom stereocenters. The van der Waals surface area contributed by atoms with Crippen LogP contribution in [0.1, 0.15) is 19.4 Å². The van der Waals surface area contributed by atoms with E-state index in [2.05, 4.69) is 70.1 Å². The fourth-order valence-electron chi connectivity index (χ4n) is 5.07. The zero-order valence-corrected chi connectivity index (χ0v) is 21.7. The molecule has 2 saturated heterocycles. The fraction of sp³-hybridized carbons (Fsp3) is 0.462. The summed E-state index contributed by atoms with van der Waals surface area (Å²) < 4.78 is 5.49. The highest BCUT2D eigenvalue weighted by molar-refractivity contribution is 8.00. The average Bonchev–Trinajstić information content (AvgIpc) is 3.39. The van der Waals surface area contributed by atoms with Gasteiger partial charge in [0.1, 0.15) is 6.10 Å². The van der Waals surface area contributed by atoms with Gasteiger partial charge in [0.2, 0.25) is 5.91 Å². The predicted octanol–water partition coefficient (Wildman–Crippen LogP) is 3.12. The highest BCUT2D eigenvalue weighted by Gasteiger charge is 2.34. The maximum Gasteiger partial charge on any atom is 0.219 e. The molecule has 0 bridgehead atoms. The van der Waals surface area contributed by atoms with Crippen molar-refractivity contribution in [1.29, 1.82) is 0 Å². The maximum atomic E-state index is 11.6. The van der Waals surface area contributed by atoms with Gasteiger partial charge < -0.3 is 30.5 Å². The van der Waals surface area contributed by atoms with Crippen molar-refractivity contribution in [2.75, 3.05) is 60.6 Å². The summed E-state index contributed by atoms with van der Waals surface area (Å²) >= 11 is 1.89. The Balaban J connectivity index is 1.12. The van der Waals surface area contributed by atoms with Crippen LogP contribution in [0.4, 0.5) is 22.7 Å². The van der Waals surface area contributed by atoms with Crippen molar-refractivity contribution in [2.45, 2.75) is 42.7 Å². The summed E-state index contributed by atoms with van der Waals surface area (Å²) in [5.74, 6) is 0.171. The van der Waals surface area contributed by atoms with E-state index in [0.29, 0.717) is 0 Å². The van der Waals surface area contributed by atoms with Gasteiger partial charge in [-0.25, -0.2) is 4.99 Å². The molecule has 0 aromatic heterocycles. The molecular weight excluding hydrogens is 474 g/mol. The summed E-state index contributed by atoms with van der Waals surface area (Å²) in [6.07, 6.45) is 2.12. The number of hydrogen-bond acceptors (Lipinski definition) is 9. The van der Waals surface area contributed by atoms with E-state index in [1.807, 2.05) is 28.9 Å². The Kier molecular flexibility index (Phi) is 6.18. The number of nitrogens with zero attached hydrogens (tertiary/aromatic N) is 4. The maximum absolute atomic E-state index is 11.6. The number of carbonyl (C=O) groups is 1. The van der Waals surface area contributed by atoms with Crippen molar-refractivity contribution in [3.63, 3.8) is 0 Å². The first-order valence-electron chi connectivity index (χ1n) is 12.6. The molecule has 3 N–H and O–H groups in total. The Labute approximate surface area is 216 Å². The van der Waals surface area contributed by atoms with Crippen LogP contribution < -0.4 is 20.9 Å². The van der Waals surface area contributed by atoms with Crippen LogP contribution in [0.15, 0.2) is 46.3 Å². The van der Waals surface area contributed by atoms with Gasteiger partial charge in [-0.15, -0.1) is 0 Å². The van der Waals surface area contributed by atoms with Crippen molar-refractivity contribution in [1.82, 2.24) is 9.80 Å². The summed E-state index contributed by atoms with van der Waals surface area (Å²) in [5, 5.41) is 11.0. The van der Waals surface area contributed by atoms with Gasteiger partial charge in [0.15, 0.2) is 12.5 Å². The Bertz CT molecular complexity index is 1180. The third-order valence-corrected chi connectivity index (χ3v) is 8.39. The summed E-state index contributed by atoms with van der Waals surface area (Å²) in [7, 11) is 2.09. The van der Waals surface area contributed by atoms with E-state index in [0.717, 1.165) is 49.7 Å². The molecule has 4 unspecified atom stereocenters. The van der Waals surface area contributed by atoms with E-state index in [1.54, 1.807) is 6.92 Å². The van der Waals surface area contributed by atoms with Crippen LogP contribution in [0, 0.1) is 0 Å². The lowest BCUT2D eigenvalue weighted by atomic mass is 10.1. The van der Waals surface area contributed by atoms with E-state index in [-0.39, 0.29) is 29.9 Å². The summed E-state index contributed by atoms with van der Waals surface area (Å²) in [6, 6.07) is 12.6. The second-order valence-corrected chi connectivity index (χ2v) is 11.1. The number of rotatable bonds is 6. The standard InChI is InChI=1S/C26H33N7O2S/c1-16-25(35-16)28-19-5-4-6-20(13-19)29-26-27-14-18-7-8-21-23(24(18)31(26)3)30-22(36-21)15-32-9-11-33(12-10-32)17(2)34/h4-8,13-14,16,22,25-26,28-30H,9-12,15H2,1-3H3. The predicted molar refractivity (Wildman–Crippen MR) is 146 cm³/mol. The number of benzene rings is 2. The zero-order valence-electron chi connectivity index (χ0n) is 20.9. The van der Waals surface area contributed by atoms with E-state index in [1.165, 1.54) is 16.3 Å². The number of thioether (sulfide) groups is 1. The monoisotopic (exact) mass is 507 g/mol. The number of hydrogen-bond donors (Lipinski definition) is 3. The lowest BCUT2D eigenvalue weighted by Gasteiger charge is -2.35. The first-order valence-corrected chi connectivity index (χ1v) is 13.5. The SMILES string of the molecule is CC(=O)N1CCN(CC2Nc3c(ccc4c3N(C)C(Nc3cccc(NC5OC5C)c3)N=C4)S2)CC1. The van der Waals surface area contributed by atoms with Gasteiger partial charge in [-0.1, -0.05) is 23.9 Å². The number of carbonyl (C=O) groups excluding carboxylic acids is 1. The molecular formula is C26H33N7O2S.